The first-order valence-electron chi connectivity index (χ1n) is 11.6. The summed E-state index contributed by atoms with van der Waals surface area (Å²) in [5, 5.41) is 20.0. The van der Waals surface area contributed by atoms with Gasteiger partial charge in [-0.1, -0.05) is 41.9 Å². The minimum absolute atomic E-state index is 0.0348. The highest BCUT2D eigenvalue weighted by Crippen LogP contribution is 2.32. The normalized spacial score (nSPS) is 11.3. The van der Waals surface area contributed by atoms with Gasteiger partial charge >= 0.3 is 0 Å². The number of aromatic nitrogens is 4. The molecule has 186 valence electrons. The van der Waals surface area contributed by atoms with E-state index in [9.17, 15) is 9.90 Å². The minimum atomic E-state index is -0.721. The Bertz CT molecular complexity index is 1320. The predicted molar refractivity (Wildman–Crippen MR) is 139 cm³/mol. The number of aromatic amines is 1. The van der Waals surface area contributed by atoms with Crippen LogP contribution in [0.3, 0.4) is 0 Å². The highest BCUT2D eigenvalue weighted by atomic mass is 35.5. The number of benzene rings is 2. The molecule has 0 aliphatic heterocycles. The Kier molecular flexibility index (Phi) is 7.97. The van der Waals surface area contributed by atoms with Crippen molar-refractivity contribution in [2.24, 2.45) is 0 Å². The van der Waals surface area contributed by atoms with E-state index in [-0.39, 0.29) is 5.82 Å². The largest absolute Gasteiger partial charge is 0.494 e. The Balaban J connectivity index is 1.42. The summed E-state index contributed by atoms with van der Waals surface area (Å²) in [6, 6.07) is 18.8. The zero-order chi connectivity index (χ0) is 25.5. The van der Waals surface area contributed by atoms with E-state index >= 15 is 0 Å². The van der Waals surface area contributed by atoms with Crippen LogP contribution in [0.15, 0.2) is 66.9 Å². The lowest BCUT2D eigenvalue weighted by atomic mass is 10.0. The molecule has 0 aliphatic carbocycles. The molecule has 1 amide bonds. The Morgan fingerprint density at radius 3 is 2.72 bits per heavy atom. The van der Waals surface area contributed by atoms with Crippen molar-refractivity contribution in [3.8, 4) is 16.9 Å². The maximum atomic E-state index is 12.7. The van der Waals surface area contributed by atoms with Gasteiger partial charge in [0.1, 0.15) is 17.4 Å². The molecule has 0 spiro atoms. The molecule has 3 N–H and O–H groups in total. The molecular formula is C27H28ClN5O3. The fourth-order valence-electron chi connectivity index (χ4n) is 3.61. The van der Waals surface area contributed by atoms with E-state index in [4.69, 9.17) is 16.3 Å². The summed E-state index contributed by atoms with van der Waals surface area (Å²) < 4.78 is 5.84. The van der Waals surface area contributed by atoms with Gasteiger partial charge in [-0.15, -0.1) is 5.10 Å². The summed E-state index contributed by atoms with van der Waals surface area (Å²) in [6.45, 7) is 4.03. The Morgan fingerprint density at radius 1 is 1.14 bits per heavy atom. The summed E-state index contributed by atoms with van der Waals surface area (Å²) >= 11 is 6.45. The van der Waals surface area contributed by atoms with Gasteiger partial charge in [0.05, 0.1) is 12.2 Å². The Morgan fingerprint density at radius 2 is 1.94 bits per heavy atom. The summed E-state index contributed by atoms with van der Waals surface area (Å²) in [4.78, 5) is 21.2. The van der Waals surface area contributed by atoms with Crippen LogP contribution in [0.1, 0.15) is 48.7 Å². The molecule has 4 aromatic rings. The summed E-state index contributed by atoms with van der Waals surface area (Å²) in [5.41, 5.74) is 1.86. The Labute approximate surface area is 214 Å². The van der Waals surface area contributed by atoms with E-state index in [1.807, 2.05) is 36.4 Å². The number of carbonyl (C=O) groups excluding carboxylic acids is 1. The number of halogens is 1. The number of H-pyrrole nitrogens is 1. The van der Waals surface area contributed by atoms with Crippen LogP contribution in [0.5, 0.6) is 5.75 Å². The number of rotatable bonds is 10. The molecule has 2 aromatic heterocycles. The van der Waals surface area contributed by atoms with Crippen LogP contribution < -0.4 is 10.1 Å². The van der Waals surface area contributed by atoms with Gasteiger partial charge in [-0.2, -0.15) is 0 Å². The zero-order valence-electron chi connectivity index (χ0n) is 20.2. The van der Waals surface area contributed by atoms with Crippen molar-refractivity contribution in [2.75, 3.05) is 11.9 Å². The summed E-state index contributed by atoms with van der Waals surface area (Å²) in [6.07, 6.45) is 3.50. The first-order valence-corrected chi connectivity index (χ1v) is 12.0. The first kappa shape index (κ1) is 25.3. The highest BCUT2D eigenvalue weighted by Gasteiger charge is 2.15. The number of pyridine rings is 1. The number of ether oxygens (including phenoxy) is 1. The molecule has 8 nitrogen and oxygen atoms in total. The maximum absolute atomic E-state index is 12.7. The van der Waals surface area contributed by atoms with Gasteiger partial charge in [0.15, 0.2) is 0 Å². The van der Waals surface area contributed by atoms with Crippen molar-refractivity contribution in [1.82, 2.24) is 20.2 Å². The smallest absolute Gasteiger partial charge is 0.296 e. The molecule has 0 radical (unpaired) electrons. The van der Waals surface area contributed by atoms with Crippen LogP contribution in [0.4, 0.5) is 5.82 Å². The maximum Gasteiger partial charge on any atom is 0.296 e. The van der Waals surface area contributed by atoms with Crippen molar-refractivity contribution in [1.29, 1.82) is 0 Å². The summed E-state index contributed by atoms with van der Waals surface area (Å²) in [5.74, 6) is 1.18. The number of aliphatic hydroxyl groups is 1. The average molecular weight is 506 g/mol. The van der Waals surface area contributed by atoms with Crippen LogP contribution >= 0.6 is 11.6 Å². The number of hydrogen-bond donors (Lipinski definition) is 3. The molecule has 2 heterocycles. The van der Waals surface area contributed by atoms with Gasteiger partial charge < -0.3 is 15.2 Å². The predicted octanol–water partition coefficient (Wildman–Crippen LogP) is 5.29. The van der Waals surface area contributed by atoms with Crippen LogP contribution in [0.25, 0.3) is 11.1 Å². The van der Waals surface area contributed by atoms with E-state index in [1.165, 1.54) is 0 Å². The van der Waals surface area contributed by atoms with Crippen LogP contribution in [0, 0.1) is 0 Å². The third kappa shape index (κ3) is 7.13. The summed E-state index contributed by atoms with van der Waals surface area (Å²) in [7, 11) is 0. The molecule has 9 heteroatoms. The lowest BCUT2D eigenvalue weighted by molar-refractivity contribution is 0.0641. The lowest BCUT2D eigenvalue weighted by Crippen LogP contribution is -2.19. The van der Waals surface area contributed by atoms with E-state index in [2.05, 4.69) is 25.5 Å². The molecular weight excluding hydrogens is 478 g/mol. The van der Waals surface area contributed by atoms with Crippen molar-refractivity contribution in [2.45, 2.75) is 38.7 Å². The molecule has 4 rings (SSSR count). The molecule has 0 aliphatic rings. The van der Waals surface area contributed by atoms with Crippen molar-refractivity contribution >= 4 is 23.3 Å². The van der Waals surface area contributed by atoms with Crippen molar-refractivity contribution in [3.05, 3.63) is 89.1 Å². The number of nitrogens with one attached hydrogen (secondary N) is 2. The van der Waals surface area contributed by atoms with Crippen molar-refractivity contribution < 1.29 is 14.6 Å². The number of anilines is 1. The second-order valence-electron chi connectivity index (χ2n) is 9.06. The SMILES string of the molecule is CC(C)(O)CCCOc1ccc(Cl)c(-c2ccnc(NC(=O)c3n[nH]c(Cc4ccccc4)n3)c2)c1. The van der Waals surface area contributed by atoms with Gasteiger partial charge in [0, 0.05) is 23.2 Å². The van der Waals surface area contributed by atoms with E-state index < -0.39 is 11.5 Å². The molecule has 36 heavy (non-hydrogen) atoms. The van der Waals surface area contributed by atoms with Gasteiger partial charge in [-0.05, 0) is 68.1 Å². The van der Waals surface area contributed by atoms with Gasteiger partial charge in [0.2, 0.25) is 5.82 Å². The van der Waals surface area contributed by atoms with Crippen LogP contribution in [0.2, 0.25) is 5.02 Å². The van der Waals surface area contributed by atoms with E-state index in [1.54, 1.807) is 44.3 Å². The third-order valence-electron chi connectivity index (χ3n) is 5.40. The number of hydrogen-bond acceptors (Lipinski definition) is 6. The molecule has 0 bridgehead atoms. The molecule has 0 saturated heterocycles. The van der Waals surface area contributed by atoms with E-state index in [0.29, 0.717) is 41.9 Å². The monoisotopic (exact) mass is 505 g/mol. The second-order valence-corrected chi connectivity index (χ2v) is 9.47. The van der Waals surface area contributed by atoms with E-state index in [0.717, 1.165) is 23.1 Å². The number of carbonyl (C=O) groups is 1. The standard InChI is InChI=1S/C27H28ClN5O3/c1-27(2,35)12-6-14-36-20-9-10-22(28)21(17-20)19-11-13-29-23(16-19)31-26(34)25-30-24(32-33-25)15-18-7-4-3-5-8-18/h3-5,7-11,13,16-17,35H,6,12,14-15H2,1-2H3,(H,29,31,34)(H,30,32,33). The number of nitrogens with zero attached hydrogens (tertiary/aromatic N) is 3. The highest BCUT2D eigenvalue weighted by molar-refractivity contribution is 6.33. The van der Waals surface area contributed by atoms with Crippen LogP contribution in [-0.4, -0.2) is 43.4 Å². The third-order valence-corrected chi connectivity index (χ3v) is 5.73. The quantitative estimate of drug-likeness (QED) is 0.252. The fourth-order valence-corrected chi connectivity index (χ4v) is 3.84. The molecule has 0 atom stereocenters. The van der Waals surface area contributed by atoms with Gasteiger partial charge in [-0.25, -0.2) is 9.97 Å². The average Bonchev–Trinajstić information content (AvgIpc) is 3.32. The topological polar surface area (TPSA) is 113 Å². The molecule has 0 saturated carbocycles. The molecule has 0 fully saturated rings. The first-order chi connectivity index (χ1) is 17.3. The minimum Gasteiger partial charge on any atom is -0.494 e. The lowest BCUT2D eigenvalue weighted by Gasteiger charge is -2.17. The zero-order valence-corrected chi connectivity index (χ0v) is 20.9. The second kappa shape index (κ2) is 11.3. The Hall–Kier alpha value is -3.75. The van der Waals surface area contributed by atoms with Crippen LogP contribution in [-0.2, 0) is 6.42 Å². The molecule has 2 aromatic carbocycles. The van der Waals surface area contributed by atoms with Crippen molar-refractivity contribution in [3.63, 3.8) is 0 Å². The van der Waals surface area contributed by atoms with Gasteiger partial charge in [-0.3, -0.25) is 9.89 Å². The fraction of sp³-hybridized carbons (Fsp3) is 0.259. The number of amides is 1. The van der Waals surface area contributed by atoms with Gasteiger partial charge in [0.25, 0.3) is 5.91 Å². The molecule has 0 unspecified atom stereocenters.